The number of benzene rings is 1. The Morgan fingerprint density at radius 2 is 1.96 bits per heavy atom. The number of hydrogen-bond donors (Lipinski definition) is 2. The first-order valence-corrected chi connectivity index (χ1v) is 8.82. The molecule has 0 spiro atoms. The van der Waals surface area contributed by atoms with Gasteiger partial charge in [0.2, 0.25) is 0 Å². The van der Waals surface area contributed by atoms with Gasteiger partial charge in [-0.2, -0.15) is 0 Å². The third kappa shape index (κ3) is 4.06. The molecule has 1 aliphatic heterocycles. The zero-order valence-electron chi connectivity index (χ0n) is 14.6. The van der Waals surface area contributed by atoms with Crippen molar-refractivity contribution in [2.24, 2.45) is 0 Å². The van der Waals surface area contributed by atoms with Crippen LogP contribution < -0.4 is 10.2 Å². The average molecular weight is 325 g/mol. The predicted octanol–water partition coefficient (Wildman–Crippen LogP) is 3.39. The zero-order valence-corrected chi connectivity index (χ0v) is 14.6. The number of piperidine rings is 1. The maximum absolute atomic E-state index is 9.72. The van der Waals surface area contributed by atoms with E-state index >= 15 is 0 Å². The van der Waals surface area contributed by atoms with Gasteiger partial charge in [0, 0.05) is 25.3 Å². The fourth-order valence-electron chi connectivity index (χ4n) is 3.32. The predicted molar refractivity (Wildman–Crippen MR) is 99.7 cm³/mol. The Kier molecular flexibility index (Phi) is 5.36. The van der Waals surface area contributed by atoms with E-state index < -0.39 is 0 Å². The molecule has 1 aromatic heterocycles. The molecule has 2 heterocycles. The summed E-state index contributed by atoms with van der Waals surface area (Å²) >= 11 is 0. The van der Waals surface area contributed by atoms with E-state index in [0.29, 0.717) is 6.04 Å². The van der Waals surface area contributed by atoms with Gasteiger partial charge < -0.3 is 15.3 Å². The second kappa shape index (κ2) is 7.67. The molecule has 1 fully saturated rings. The molecule has 3 rings (SSSR count). The van der Waals surface area contributed by atoms with Crippen molar-refractivity contribution in [1.29, 1.82) is 0 Å². The van der Waals surface area contributed by atoms with Crippen LogP contribution in [0.4, 0.5) is 11.5 Å². The number of aliphatic hydroxyl groups excluding tert-OH is 1. The maximum Gasteiger partial charge on any atom is 0.151 e. The molecule has 24 heavy (non-hydrogen) atoms. The zero-order chi connectivity index (χ0) is 16.9. The summed E-state index contributed by atoms with van der Waals surface area (Å²) in [6, 6.07) is 12.9. The lowest BCUT2D eigenvalue weighted by Gasteiger charge is -2.32. The highest BCUT2D eigenvalue weighted by Crippen LogP contribution is 2.27. The van der Waals surface area contributed by atoms with Crippen LogP contribution in [-0.4, -0.2) is 35.3 Å². The molecule has 2 aromatic rings. The second-order valence-electron chi connectivity index (χ2n) is 6.77. The molecule has 1 aliphatic rings. The van der Waals surface area contributed by atoms with Gasteiger partial charge in [0.1, 0.15) is 0 Å². The first-order valence-electron chi connectivity index (χ1n) is 8.82. The van der Waals surface area contributed by atoms with Gasteiger partial charge >= 0.3 is 0 Å². The van der Waals surface area contributed by atoms with Crippen molar-refractivity contribution in [3.8, 4) is 0 Å². The lowest BCUT2D eigenvalue weighted by Crippen LogP contribution is -2.37. The van der Waals surface area contributed by atoms with Gasteiger partial charge in [0.05, 0.1) is 11.8 Å². The summed E-state index contributed by atoms with van der Waals surface area (Å²) in [5, 5.41) is 13.3. The van der Waals surface area contributed by atoms with Crippen LogP contribution in [0.2, 0.25) is 0 Å². The molecule has 128 valence electrons. The smallest absolute Gasteiger partial charge is 0.151 e. The molecule has 0 bridgehead atoms. The van der Waals surface area contributed by atoms with E-state index in [0.717, 1.165) is 43.9 Å². The minimum absolute atomic E-state index is 0.165. The number of nitrogens with zero attached hydrogens (tertiary/aromatic N) is 2. The van der Waals surface area contributed by atoms with Crippen molar-refractivity contribution in [1.82, 2.24) is 4.98 Å². The van der Waals surface area contributed by atoms with Gasteiger partial charge in [-0.3, -0.25) is 0 Å². The molecular formula is C20H27N3O. The molecule has 0 saturated carbocycles. The molecule has 2 N–H and O–H groups in total. The molecule has 1 aromatic carbocycles. The Morgan fingerprint density at radius 1 is 1.21 bits per heavy atom. The Labute approximate surface area is 144 Å². The number of aromatic nitrogens is 1. The molecule has 4 heteroatoms. The van der Waals surface area contributed by atoms with Crippen molar-refractivity contribution in [3.05, 3.63) is 53.7 Å². The van der Waals surface area contributed by atoms with Gasteiger partial charge in [-0.25, -0.2) is 4.98 Å². The fourth-order valence-corrected chi connectivity index (χ4v) is 3.32. The van der Waals surface area contributed by atoms with E-state index in [1.165, 1.54) is 11.1 Å². The van der Waals surface area contributed by atoms with Crippen LogP contribution in [0.3, 0.4) is 0 Å². The summed E-state index contributed by atoms with van der Waals surface area (Å²) in [5.41, 5.74) is 3.79. The molecular weight excluding hydrogens is 298 g/mol. The molecule has 1 unspecified atom stereocenters. The van der Waals surface area contributed by atoms with Crippen LogP contribution in [0.5, 0.6) is 0 Å². The van der Waals surface area contributed by atoms with Gasteiger partial charge in [0.25, 0.3) is 0 Å². The lowest BCUT2D eigenvalue weighted by atomic mass is 10.0. The molecule has 1 atom stereocenters. The first kappa shape index (κ1) is 16.8. The average Bonchev–Trinajstić information content (AvgIpc) is 2.58. The van der Waals surface area contributed by atoms with E-state index in [-0.39, 0.29) is 6.10 Å². The normalized spacial score (nSPS) is 16.9. The SMILES string of the molecule is Cc1ccccc1CC(C)Nc1cccnc1N1CCC(O)CC1. The minimum Gasteiger partial charge on any atom is -0.393 e. The number of rotatable bonds is 5. The van der Waals surface area contributed by atoms with Crippen molar-refractivity contribution >= 4 is 11.5 Å². The molecule has 0 radical (unpaired) electrons. The number of nitrogens with one attached hydrogen (secondary N) is 1. The maximum atomic E-state index is 9.72. The van der Waals surface area contributed by atoms with E-state index in [1.54, 1.807) is 0 Å². The standard InChI is InChI=1S/C20H27N3O/c1-15-6-3-4-7-17(15)14-16(2)22-19-8-5-11-21-20(19)23-12-9-18(24)10-13-23/h3-8,11,16,18,22,24H,9-10,12-14H2,1-2H3. The summed E-state index contributed by atoms with van der Waals surface area (Å²) in [7, 11) is 0. The number of aliphatic hydroxyl groups is 1. The third-order valence-electron chi connectivity index (χ3n) is 4.74. The van der Waals surface area contributed by atoms with Crippen LogP contribution in [0.15, 0.2) is 42.6 Å². The number of pyridine rings is 1. The van der Waals surface area contributed by atoms with Crippen molar-refractivity contribution in [2.45, 2.75) is 45.3 Å². The van der Waals surface area contributed by atoms with E-state index in [2.05, 4.69) is 59.4 Å². The van der Waals surface area contributed by atoms with Crippen molar-refractivity contribution < 1.29 is 5.11 Å². The lowest BCUT2D eigenvalue weighted by molar-refractivity contribution is 0.145. The van der Waals surface area contributed by atoms with Crippen LogP contribution in [0.25, 0.3) is 0 Å². The Bertz CT molecular complexity index is 665. The van der Waals surface area contributed by atoms with Crippen LogP contribution in [-0.2, 0) is 6.42 Å². The number of hydrogen-bond acceptors (Lipinski definition) is 4. The largest absolute Gasteiger partial charge is 0.393 e. The summed E-state index contributed by atoms with van der Waals surface area (Å²) in [5.74, 6) is 1.00. The summed E-state index contributed by atoms with van der Waals surface area (Å²) in [6.07, 6.45) is 4.29. The number of aryl methyl sites for hydroxylation is 1. The molecule has 0 aliphatic carbocycles. The fraction of sp³-hybridized carbons (Fsp3) is 0.450. The topological polar surface area (TPSA) is 48.4 Å². The van der Waals surface area contributed by atoms with E-state index in [9.17, 15) is 5.11 Å². The minimum atomic E-state index is -0.165. The number of anilines is 2. The third-order valence-corrected chi connectivity index (χ3v) is 4.74. The van der Waals surface area contributed by atoms with Crippen LogP contribution in [0.1, 0.15) is 30.9 Å². The summed E-state index contributed by atoms with van der Waals surface area (Å²) < 4.78 is 0. The van der Waals surface area contributed by atoms with Gasteiger partial charge in [-0.1, -0.05) is 24.3 Å². The van der Waals surface area contributed by atoms with E-state index in [1.807, 2.05) is 12.3 Å². The van der Waals surface area contributed by atoms with Gasteiger partial charge in [0.15, 0.2) is 5.82 Å². The summed E-state index contributed by atoms with van der Waals surface area (Å²) in [6.45, 7) is 6.10. The Balaban J connectivity index is 1.70. The molecule has 0 amide bonds. The van der Waals surface area contributed by atoms with Crippen LogP contribution >= 0.6 is 0 Å². The van der Waals surface area contributed by atoms with Gasteiger partial charge in [-0.15, -0.1) is 0 Å². The summed E-state index contributed by atoms with van der Waals surface area (Å²) in [4.78, 5) is 6.86. The quantitative estimate of drug-likeness (QED) is 0.884. The van der Waals surface area contributed by atoms with Gasteiger partial charge in [-0.05, 0) is 56.4 Å². The van der Waals surface area contributed by atoms with Crippen molar-refractivity contribution in [2.75, 3.05) is 23.3 Å². The first-order chi connectivity index (χ1) is 11.6. The Morgan fingerprint density at radius 3 is 2.71 bits per heavy atom. The highest BCUT2D eigenvalue weighted by molar-refractivity contribution is 5.66. The molecule has 4 nitrogen and oxygen atoms in total. The van der Waals surface area contributed by atoms with Crippen LogP contribution in [0, 0.1) is 6.92 Å². The monoisotopic (exact) mass is 325 g/mol. The van der Waals surface area contributed by atoms with Crippen molar-refractivity contribution in [3.63, 3.8) is 0 Å². The second-order valence-corrected chi connectivity index (χ2v) is 6.77. The molecule has 1 saturated heterocycles. The highest BCUT2D eigenvalue weighted by Gasteiger charge is 2.20. The highest BCUT2D eigenvalue weighted by atomic mass is 16.3. The Hall–Kier alpha value is -2.07. The van der Waals surface area contributed by atoms with E-state index in [4.69, 9.17) is 0 Å².